The lowest BCUT2D eigenvalue weighted by atomic mass is 10.1. The van der Waals surface area contributed by atoms with Crippen molar-refractivity contribution in [1.82, 2.24) is 5.32 Å². The zero-order valence-corrected chi connectivity index (χ0v) is 12.9. The molecule has 116 valence electrons. The maximum atomic E-state index is 11.6. The van der Waals surface area contributed by atoms with Crippen molar-refractivity contribution in [3.8, 4) is 0 Å². The normalized spacial score (nSPS) is 10.2. The first-order valence-electron chi connectivity index (χ1n) is 7.02. The standard InChI is InChI=1S/C15H21ClN2O3/c1-11-7-8-12(10-13(11)16)18-15(21)17-9-5-3-2-4-6-14(19)20/h7-8,10H,2-6,9H2,1H3,(H,19,20)(H2,17,18,21). The van der Waals surface area contributed by atoms with E-state index in [-0.39, 0.29) is 12.5 Å². The number of rotatable bonds is 8. The van der Waals surface area contributed by atoms with Crippen LogP contribution in [0.2, 0.25) is 5.02 Å². The minimum absolute atomic E-state index is 0.210. The zero-order chi connectivity index (χ0) is 15.7. The van der Waals surface area contributed by atoms with Crippen LogP contribution in [-0.4, -0.2) is 23.7 Å². The van der Waals surface area contributed by atoms with Crippen molar-refractivity contribution >= 4 is 29.3 Å². The van der Waals surface area contributed by atoms with Crippen LogP contribution in [0.1, 0.15) is 37.7 Å². The highest BCUT2D eigenvalue weighted by molar-refractivity contribution is 6.31. The number of aryl methyl sites for hydroxylation is 1. The van der Waals surface area contributed by atoms with E-state index >= 15 is 0 Å². The number of carbonyl (C=O) groups is 2. The molecule has 0 aliphatic carbocycles. The first-order valence-corrected chi connectivity index (χ1v) is 7.39. The fourth-order valence-electron chi connectivity index (χ4n) is 1.80. The van der Waals surface area contributed by atoms with Crippen molar-refractivity contribution in [3.63, 3.8) is 0 Å². The molecule has 6 heteroatoms. The molecule has 0 atom stereocenters. The summed E-state index contributed by atoms with van der Waals surface area (Å²) in [4.78, 5) is 22.0. The lowest BCUT2D eigenvalue weighted by Gasteiger charge is -2.08. The number of carboxylic acids is 1. The lowest BCUT2D eigenvalue weighted by Crippen LogP contribution is -2.29. The average molecular weight is 313 g/mol. The Hall–Kier alpha value is -1.75. The van der Waals surface area contributed by atoms with Crippen molar-refractivity contribution in [2.75, 3.05) is 11.9 Å². The van der Waals surface area contributed by atoms with E-state index in [9.17, 15) is 9.59 Å². The number of halogens is 1. The van der Waals surface area contributed by atoms with Gasteiger partial charge in [0.15, 0.2) is 0 Å². The number of carbonyl (C=O) groups excluding carboxylic acids is 1. The molecule has 0 radical (unpaired) electrons. The lowest BCUT2D eigenvalue weighted by molar-refractivity contribution is -0.137. The van der Waals surface area contributed by atoms with Crippen molar-refractivity contribution in [3.05, 3.63) is 28.8 Å². The molecule has 0 aliphatic rings. The molecule has 3 N–H and O–H groups in total. The van der Waals surface area contributed by atoms with Gasteiger partial charge in [-0.3, -0.25) is 4.79 Å². The molecule has 1 rings (SSSR count). The van der Waals surface area contributed by atoms with Gasteiger partial charge < -0.3 is 15.7 Å². The number of carboxylic acid groups (broad SMARTS) is 1. The van der Waals surface area contributed by atoms with Gasteiger partial charge in [0.05, 0.1) is 0 Å². The molecular formula is C15H21ClN2O3. The molecule has 0 saturated carbocycles. The second-order valence-electron chi connectivity index (χ2n) is 4.90. The van der Waals surface area contributed by atoms with E-state index in [1.807, 2.05) is 13.0 Å². The Balaban J connectivity index is 2.14. The third-order valence-electron chi connectivity index (χ3n) is 3.03. The van der Waals surface area contributed by atoms with Gasteiger partial charge in [0.25, 0.3) is 0 Å². The first kappa shape index (κ1) is 17.3. The van der Waals surface area contributed by atoms with Crippen LogP contribution in [0.25, 0.3) is 0 Å². The maximum Gasteiger partial charge on any atom is 0.319 e. The fourth-order valence-corrected chi connectivity index (χ4v) is 1.98. The van der Waals surface area contributed by atoms with Crippen LogP contribution in [0.4, 0.5) is 10.5 Å². The van der Waals surface area contributed by atoms with Crippen molar-refractivity contribution in [2.24, 2.45) is 0 Å². The topological polar surface area (TPSA) is 78.4 Å². The molecule has 0 aromatic heterocycles. The summed E-state index contributed by atoms with van der Waals surface area (Å²) in [6.07, 6.45) is 3.50. The Morgan fingerprint density at radius 3 is 2.57 bits per heavy atom. The van der Waals surface area contributed by atoms with Crippen LogP contribution in [0.15, 0.2) is 18.2 Å². The van der Waals surface area contributed by atoms with Crippen LogP contribution in [0.3, 0.4) is 0 Å². The Morgan fingerprint density at radius 1 is 1.19 bits per heavy atom. The van der Waals surface area contributed by atoms with Crippen molar-refractivity contribution in [1.29, 1.82) is 0 Å². The summed E-state index contributed by atoms with van der Waals surface area (Å²) in [6, 6.07) is 5.09. The number of nitrogens with one attached hydrogen (secondary N) is 2. The summed E-state index contributed by atoms with van der Waals surface area (Å²) in [5, 5.41) is 14.6. The van der Waals surface area contributed by atoms with E-state index in [4.69, 9.17) is 16.7 Å². The number of hydrogen-bond acceptors (Lipinski definition) is 2. The monoisotopic (exact) mass is 312 g/mol. The van der Waals surface area contributed by atoms with Crippen LogP contribution >= 0.6 is 11.6 Å². The average Bonchev–Trinajstić information content (AvgIpc) is 2.41. The molecule has 0 aliphatic heterocycles. The number of anilines is 1. The molecule has 0 heterocycles. The minimum atomic E-state index is -0.760. The molecule has 2 amide bonds. The summed E-state index contributed by atoms with van der Waals surface area (Å²) in [6.45, 7) is 2.47. The molecule has 1 aromatic carbocycles. The van der Waals surface area contributed by atoms with E-state index < -0.39 is 5.97 Å². The molecule has 0 fully saturated rings. The summed E-state index contributed by atoms with van der Waals surface area (Å²) in [5.74, 6) is -0.760. The molecular weight excluding hydrogens is 292 g/mol. The third-order valence-corrected chi connectivity index (χ3v) is 3.44. The molecule has 0 unspecified atom stereocenters. The molecule has 0 spiro atoms. The minimum Gasteiger partial charge on any atom is -0.481 e. The van der Waals surface area contributed by atoms with Gasteiger partial charge in [-0.05, 0) is 37.5 Å². The molecule has 21 heavy (non-hydrogen) atoms. The molecule has 1 aromatic rings. The summed E-state index contributed by atoms with van der Waals surface area (Å²) in [5.41, 5.74) is 1.62. The van der Waals surface area contributed by atoms with E-state index in [1.54, 1.807) is 12.1 Å². The van der Waals surface area contributed by atoms with Gasteiger partial charge in [-0.1, -0.05) is 30.5 Å². The SMILES string of the molecule is Cc1ccc(NC(=O)NCCCCCCC(=O)O)cc1Cl. The highest BCUT2D eigenvalue weighted by Crippen LogP contribution is 2.19. The van der Waals surface area contributed by atoms with Gasteiger partial charge >= 0.3 is 12.0 Å². The van der Waals surface area contributed by atoms with Crippen molar-refractivity contribution < 1.29 is 14.7 Å². The number of amides is 2. The van der Waals surface area contributed by atoms with Crippen molar-refractivity contribution in [2.45, 2.75) is 39.0 Å². The fraction of sp³-hybridized carbons (Fsp3) is 0.467. The summed E-state index contributed by atoms with van der Waals surface area (Å²) in [7, 11) is 0. The van der Waals surface area contributed by atoms with E-state index in [2.05, 4.69) is 10.6 Å². The Labute approximate surface area is 129 Å². The zero-order valence-electron chi connectivity index (χ0n) is 12.1. The van der Waals surface area contributed by atoms with Gasteiger partial charge in [0.2, 0.25) is 0 Å². The largest absolute Gasteiger partial charge is 0.481 e. The van der Waals surface area contributed by atoms with Crippen LogP contribution in [0, 0.1) is 6.92 Å². The first-order chi connectivity index (χ1) is 9.99. The second-order valence-corrected chi connectivity index (χ2v) is 5.31. The molecule has 5 nitrogen and oxygen atoms in total. The Kier molecular flexibility index (Phi) is 7.61. The van der Waals surface area contributed by atoms with Gasteiger partial charge in [-0.2, -0.15) is 0 Å². The van der Waals surface area contributed by atoms with Gasteiger partial charge in [0.1, 0.15) is 0 Å². The number of hydrogen-bond donors (Lipinski definition) is 3. The number of urea groups is 1. The Bertz CT molecular complexity index is 492. The third kappa shape index (κ3) is 7.56. The predicted octanol–water partition coefficient (Wildman–Crippen LogP) is 3.81. The smallest absolute Gasteiger partial charge is 0.319 e. The van der Waals surface area contributed by atoms with Crippen LogP contribution in [0.5, 0.6) is 0 Å². The van der Waals surface area contributed by atoms with E-state index in [0.29, 0.717) is 23.7 Å². The maximum absolute atomic E-state index is 11.6. The van der Waals surface area contributed by atoms with Gasteiger partial charge in [-0.25, -0.2) is 4.79 Å². The van der Waals surface area contributed by atoms with Gasteiger partial charge in [0, 0.05) is 23.7 Å². The molecule has 0 saturated heterocycles. The summed E-state index contributed by atoms with van der Waals surface area (Å²) < 4.78 is 0. The van der Waals surface area contributed by atoms with Crippen LogP contribution in [-0.2, 0) is 4.79 Å². The van der Waals surface area contributed by atoms with Gasteiger partial charge in [-0.15, -0.1) is 0 Å². The number of benzene rings is 1. The number of unbranched alkanes of at least 4 members (excludes halogenated alkanes) is 3. The second kappa shape index (κ2) is 9.23. The van der Waals surface area contributed by atoms with E-state index in [0.717, 1.165) is 24.8 Å². The highest BCUT2D eigenvalue weighted by atomic mass is 35.5. The Morgan fingerprint density at radius 2 is 1.90 bits per heavy atom. The summed E-state index contributed by atoms with van der Waals surface area (Å²) >= 11 is 5.98. The van der Waals surface area contributed by atoms with Crippen LogP contribution < -0.4 is 10.6 Å². The highest BCUT2D eigenvalue weighted by Gasteiger charge is 2.03. The predicted molar refractivity (Wildman–Crippen MR) is 83.9 cm³/mol. The number of aliphatic carboxylic acids is 1. The van der Waals surface area contributed by atoms with E-state index in [1.165, 1.54) is 0 Å². The quantitative estimate of drug-likeness (QED) is 0.639. The molecule has 0 bridgehead atoms.